The average Bonchev–Trinajstić information content (AvgIpc) is 2.98. The fraction of sp³-hybridized carbons (Fsp3) is 0.667. The predicted octanol–water partition coefficient (Wildman–Crippen LogP) is 1.81. The molecular weight excluding hydrogens is 318 g/mol. The molecule has 2 rings (SSSR count). The molecule has 2 unspecified atom stereocenters. The van der Waals surface area contributed by atoms with Crippen LogP contribution in [0.25, 0.3) is 0 Å². The van der Waals surface area contributed by atoms with Crippen molar-refractivity contribution in [2.24, 2.45) is 5.73 Å². The fourth-order valence-corrected chi connectivity index (χ4v) is 2.32. The van der Waals surface area contributed by atoms with Crippen LogP contribution in [0.2, 0.25) is 0 Å². The van der Waals surface area contributed by atoms with Crippen LogP contribution >= 0.6 is 12.2 Å². The highest BCUT2D eigenvalue weighted by atomic mass is 32.1. The van der Waals surface area contributed by atoms with Crippen LogP contribution < -0.4 is 11.3 Å². The number of nitrogens with one attached hydrogen (secondary N) is 1. The Labute approximate surface area is 140 Å². The molecular formula is C15H25N3O4S. The molecule has 1 saturated heterocycles. The van der Waals surface area contributed by atoms with Crippen LogP contribution in [0.15, 0.2) is 11.0 Å². The zero-order valence-corrected chi connectivity index (χ0v) is 14.6. The van der Waals surface area contributed by atoms with Crippen molar-refractivity contribution in [1.29, 1.82) is 0 Å². The van der Waals surface area contributed by atoms with Gasteiger partial charge in [0.2, 0.25) is 0 Å². The van der Waals surface area contributed by atoms with Crippen LogP contribution in [0, 0.1) is 11.7 Å². The molecule has 1 aromatic heterocycles. The van der Waals surface area contributed by atoms with Crippen LogP contribution in [-0.4, -0.2) is 34.8 Å². The molecule has 1 aromatic rings. The number of carbonyl (C=O) groups is 1. The number of hydrogen-bond donors (Lipinski definition) is 2. The van der Waals surface area contributed by atoms with Crippen LogP contribution in [0.5, 0.6) is 0 Å². The Kier molecular flexibility index (Phi) is 8.15. The summed E-state index contributed by atoms with van der Waals surface area (Å²) in [5, 5.41) is 0. The van der Waals surface area contributed by atoms with E-state index in [1.807, 2.05) is 0 Å². The minimum absolute atomic E-state index is 0.139. The van der Waals surface area contributed by atoms with Crippen molar-refractivity contribution in [2.45, 2.75) is 52.4 Å². The molecule has 1 aliphatic rings. The van der Waals surface area contributed by atoms with Crippen LogP contribution in [0.3, 0.4) is 0 Å². The maximum atomic E-state index is 11.4. The number of aryl methyl sites for hydroxylation is 1. The molecule has 0 spiro atoms. The van der Waals surface area contributed by atoms with E-state index in [0.29, 0.717) is 10.3 Å². The molecule has 1 aliphatic heterocycles. The molecule has 8 heteroatoms. The van der Waals surface area contributed by atoms with E-state index >= 15 is 0 Å². The largest absolute Gasteiger partial charge is 0.462 e. The Morgan fingerprint density at radius 3 is 2.78 bits per heavy atom. The molecule has 0 amide bonds. The van der Waals surface area contributed by atoms with E-state index < -0.39 is 5.97 Å². The highest BCUT2D eigenvalue weighted by Crippen LogP contribution is 2.28. The summed E-state index contributed by atoms with van der Waals surface area (Å²) in [6.07, 6.45) is 4.00. The van der Waals surface area contributed by atoms with Crippen molar-refractivity contribution in [3.63, 3.8) is 0 Å². The predicted molar refractivity (Wildman–Crippen MR) is 89.7 cm³/mol. The molecule has 3 N–H and O–H groups in total. The number of hydrogen-bond acceptors (Lipinski definition) is 6. The Morgan fingerprint density at radius 2 is 2.17 bits per heavy atom. The molecule has 2 atom stereocenters. The molecule has 23 heavy (non-hydrogen) atoms. The summed E-state index contributed by atoms with van der Waals surface area (Å²) in [5.74, 6) is -0.450. The molecule has 1 fully saturated rings. The molecule has 130 valence electrons. The Balaban J connectivity index is 0.000000816. The van der Waals surface area contributed by atoms with Crippen LogP contribution in [-0.2, 0) is 14.3 Å². The first kappa shape index (κ1) is 19.5. The molecule has 0 saturated carbocycles. The number of nitrogens with two attached hydrogens (primary N) is 1. The third kappa shape index (κ3) is 5.89. The van der Waals surface area contributed by atoms with Gasteiger partial charge in [0.25, 0.3) is 5.56 Å². The van der Waals surface area contributed by atoms with E-state index in [-0.39, 0.29) is 31.0 Å². The molecule has 2 heterocycles. The second-order valence-corrected chi connectivity index (χ2v) is 5.75. The number of carbonyl (C=O) groups excluding carboxylic acids is 1. The van der Waals surface area contributed by atoms with Gasteiger partial charge in [-0.3, -0.25) is 19.1 Å². The minimum Gasteiger partial charge on any atom is -0.462 e. The average molecular weight is 343 g/mol. The van der Waals surface area contributed by atoms with Crippen molar-refractivity contribution >= 4 is 18.2 Å². The first-order chi connectivity index (χ1) is 10.9. The number of esters is 1. The van der Waals surface area contributed by atoms with E-state index in [1.54, 1.807) is 17.7 Å². The van der Waals surface area contributed by atoms with Gasteiger partial charge in [-0.25, -0.2) is 0 Å². The van der Waals surface area contributed by atoms with Gasteiger partial charge in [0, 0.05) is 11.8 Å². The van der Waals surface area contributed by atoms with Crippen LogP contribution in [0.4, 0.5) is 0 Å². The first-order valence-corrected chi connectivity index (χ1v) is 8.16. The Hall–Kier alpha value is -1.51. The van der Waals surface area contributed by atoms with Gasteiger partial charge in [-0.05, 0) is 32.0 Å². The van der Waals surface area contributed by atoms with Gasteiger partial charge in [-0.1, -0.05) is 20.3 Å². The summed E-state index contributed by atoms with van der Waals surface area (Å²) in [6.45, 7) is 6.00. The number of ether oxygens (including phenoxy) is 2. The van der Waals surface area contributed by atoms with E-state index in [9.17, 15) is 9.59 Å². The summed E-state index contributed by atoms with van der Waals surface area (Å²) in [6, 6.07) is 0. The SMILES string of the molecule is CCC.Cc1cn(C2CCC(COC(=O)CN)O2)c(=S)[nH]c1=O. The normalized spacial score (nSPS) is 19.8. The van der Waals surface area contributed by atoms with Crippen molar-refractivity contribution in [1.82, 2.24) is 9.55 Å². The van der Waals surface area contributed by atoms with Gasteiger partial charge in [0.15, 0.2) is 4.77 Å². The summed E-state index contributed by atoms with van der Waals surface area (Å²) in [5.41, 5.74) is 5.53. The first-order valence-electron chi connectivity index (χ1n) is 7.76. The number of aromatic amines is 1. The van der Waals surface area contributed by atoms with Gasteiger partial charge in [0.1, 0.15) is 12.8 Å². The van der Waals surface area contributed by atoms with Gasteiger partial charge < -0.3 is 15.2 Å². The summed E-state index contributed by atoms with van der Waals surface area (Å²) >= 11 is 5.12. The fourth-order valence-electron chi connectivity index (χ4n) is 2.06. The highest BCUT2D eigenvalue weighted by Gasteiger charge is 2.27. The second kappa shape index (κ2) is 9.59. The highest BCUT2D eigenvalue weighted by molar-refractivity contribution is 7.71. The van der Waals surface area contributed by atoms with Gasteiger partial charge in [0.05, 0.1) is 12.6 Å². The van der Waals surface area contributed by atoms with E-state index in [4.69, 9.17) is 27.4 Å². The smallest absolute Gasteiger partial charge is 0.319 e. The lowest BCUT2D eigenvalue weighted by Gasteiger charge is -2.17. The van der Waals surface area contributed by atoms with E-state index in [2.05, 4.69) is 18.8 Å². The van der Waals surface area contributed by atoms with E-state index in [1.165, 1.54) is 6.42 Å². The summed E-state index contributed by atoms with van der Waals surface area (Å²) in [7, 11) is 0. The second-order valence-electron chi connectivity index (χ2n) is 5.36. The lowest BCUT2D eigenvalue weighted by molar-refractivity contribution is -0.146. The number of rotatable bonds is 4. The van der Waals surface area contributed by atoms with Crippen molar-refractivity contribution in [3.05, 3.63) is 26.9 Å². The Bertz CT molecular complexity index is 626. The maximum absolute atomic E-state index is 11.4. The molecule has 0 bridgehead atoms. The van der Waals surface area contributed by atoms with Crippen molar-refractivity contribution < 1.29 is 14.3 Å². The van der Waals surface area contributed by atoms with Crippen molar-refractivity contribution in [3.8, 4) is 0 Å². The third-order valence-electron chi connectivity index (χ3n) is 3.14. The summed E-state index contributed by atoms with van der Waals surface area (Å²) in [4.78, 5) is 25.0. The van der Waals surface area contributed by atoms with Gasteiger partial charge >= 0.3 is 5.97 Å². The Morgan fingerprint density at radius 1 is 1.52 bits per heavy atom. The number of H-pyrrole nitrogens is 1. The number of aromatic nitrogens is 2. The molecule has 0 aliphatic carbocycles. The molecule has 0 aromatic carbocycles. The third-order valence-corrected chi connectivity index (χ3v) is 3.45. The van der Waals surface area contributed by atoms with Crippen LogP contribution in [0.1, 0.15) is 44.9 Å². The zero-order chi connectivity index (χ0) is 17.4. The van der Waals surface area contributed by atoms with E-state index in [0.717, 1.165) is 12.8 Å². The standard InChI is InChI=1S/C12H17N3O4S.C3H8/c1-7-5-15(12(20)14-11(7)17)9-3-2-8(19-9)6-18-10(16)4-13;1-3-2/h5,8-9H,2-4,6,13H2,1H3,(H,14,17,20);3H2,1-2H3. The zero-order valence-electron chi connectivity index (χ0n) is 13.8. The number of nitrogens with zero attached hydrogens (tertiary/aromatic N) is 1. The topological polar surface area (TPSA) is 99.3 Å². The summed E-state index contributed by atoms with van der Waals surface area (Å²) < 4.78 is 12.8. The maximum Gasteiger partial charge on any atom is 0.319 e. The van der Waals surface area contributed by atoms with Gasteiger partial charge in [-0.15, -0.1) is 0 Å². The minimum atomic E-state index is -0.450. The quantitative estimate of drug-likeness (QED) is 0.639. The van der Waals surface area contributed by atoms with Gasteiger partial charge in [-0.2, -0.15) is 0 Å². The van der Waals surface area contributed by atoms with Crippen molar-refractivity contribution in [2.75, 3.05) is 13.2 Å². The lowest BCUT2D eigenvalue weighted by atomic mass is 10.2. The lowest BCUT2D eigenvalue weighted by Crippen LogP contribution is -2.24. The molecule has 0 radical (unpaired) electrons. The molecule has 7 nitrogen and oxygen atoms in total. The monoisotopic (exact) mass is 343 g/mol.